The van der Waals surface area contributed by atoms with Gasteiger partial charge in [0.25, 0.3) is 0 Å². The van der Waals surface area contributed by atoms with E-state index in [9.17, 15) is 0 Å². The monoisotopic (exact) mass is 1300 g/mol. The quantitative estimate of drug-likeness (QED) is 0.121. The van der Waals surface area contributed by atoms with Gasteiger partial charge in [0.15, 0.2) is 34.9 Å². The van der Waals surface area contributed by atoms with Crippen LogP contribution in [0.2, 0.25) is 0 Å². The second kappa shape index (κ2) is 26.5. The molecule has 102 heavy (non-hydrogen) atoms. The average Bonchev–Trinajstić information content (AvgIpc) is 1.59. The van der Waals surface area contributed by atoms with Crippen molar-refractivity contribution in [3.63, 3.8) is 0 Å². The van der Waals surface area contributed by atoms with E-state index in [0.29, 0.717) is 34.9 Å². The molecule has 8 nitrogen and oxygen atoms in total. The number of fused-ring (bicyclic) bond motifs is 7. The first-order valence-electron chi connectivity index (χ1n) is 34.3. The van der Waals surface area contributed by atoms with Crippen molar-refractivity contribution >= 4 is 54.4 Å². The Morgan fingerprint density at radius 1 is 0.167 bits per heavy atom. The van der Waals surface area contributed by atoms with Crippen molar-refractivity contribution in [3.8, 4) is 124 Å². The van der Waals surface area contributed by atoms with Gasteiger partial charge in [-0.3, -0.25) is 0 Å². The van der Waals surface area contributed by atoms with Gasteiger partial charge in [-0.15, -0.1) is 0 Å². The van der Waals surface area contributed by atoms with Gasteiger partial charge in [-0.05, 0) is 110 Å². The molecule has 0 fully saturated rings. The first kappa shape index (κ1) is 60.6. The van der Waals surface area contributed by atoms with Crippen molar-refractivity contribution in [2.45, 2.75) is 0 Å². The van der Waals surface area contributed by atoms with E-state index in [2.05, 4.69) is 294 Å². The fourth-order valence-corrected chi connectivity index (χ4v) is 14.2. The minimum absolute atomic E-state index is 0.644. The average molecular weight is 1300 g/mol. The Labute approximate surface area is 590 Å². The summed E-state index contributed by atoms with van der Waals surface area (Å²) in [7, 11) is 0. The summed E-state index contributed by atoms with van der Waals surface area (Å²) in [5.74, 6) is 3.91. The highest BCUT2D eigenvalue weighted by Crippen LogP contribution is 2.42. The number of aromatic nitrogens is 8. The van der Waals surface area contributed by atoms with Gasteiger partial charge in [-0.25, -0.2) is 29.9 Å². The lowest BCUT2D eigenvalue weighted by molar-refractivity contribution is 1.07. The first-order chi connectivity index (χ1) is 50.6. The molecule has 8 heteroatoms. The van der Waals surface area contributed by atoms with Crippen LogP contribution in [0, 0.1) is 0 Å². The molecule has 0 N–H and O–H groups in total. The van der Waals surface area contributed by atoms with Crippen LogP contribution in [-0.4, -0.2) is 39.0 Å². The van der Waals surface area contributed by atoms with Crippen LogP contribution < -0.4 is 0 Å². The van der Waals surface area contributed by atoms with Crippen molar-refractivity contribution in [1.82, 2.24) is 39.0 Å². The van der Waals surface area contributed by atoms with Crippen molar-refractivity contribution in [2.75, 3.05) is 0 Å². The maximum Gasteiger partial charge on any atom is 0.164 e. The first-order valence-corrected chi connectivity index (χ1v) is 34.3. The van der Waals surface area contributed by atoms with E-state index in [1.165, 1.54) is 71.3 Å². The minimum atomic E-state index is 0.644. The molecule has 0 unspecified atom stereocenters. The summed E-state index contributed by atoms with van der Waals surface area (Å²) in [6.07, 6.45) is 0. The van der Waals surface area contributed by atoms with E-state index in [-0.39, 0.29) is 0 Å². The Morgan fingerprint density at radius 2 is 0.431 bits per heavy atom. The topological polar surface area (TPSA) is 87.2 Å². The van der Waals surface area contributed by atoms with Gasteiger partial charge >= 0.3 is 0 Å². The Bertz CT molecular complexity index is 6180. The van der Waals surface area contributed by atoms with Gasteiger partial charge in [0, 0.05) is 66.3 Å². The van der Waals surface area contributed by atoms with E-state index in [1.807, 2.05) is 91.0 Å². The molecule has 0 aliphatic heterocycles. The number of hydrogen-bond acceptors (Lipinski definition) is 6. The molecule has 0 aliphatic carbocycles. The largest absolute Gasteiger partial charge is 0.309 e. The second-order valence-electron chi connectivity index (χ2n) is 25.4. The normalized spacial score (nSPS) is 11.3. The zero-order chi connectivity index (χ0) is 67.7. The third kappa shape index (κ3) is 11.6. The molecule has 0 aliphatic rings. The highest BCUT2D eigenvalue weighted by atomic mass is 15.0. The van der Waals surface area contributed by atoms with Crippen LogP contribution in [0.1, 0.15) is 0 Å². The number of nitrogens with zero attached hydrogens (tertiary/aromatic N) is 8. The molecule has 19 aromatic rings. The van der Waals surface area contributed by atoms with Crippen LogP contribution in [0.15, 0.2) is 376 Å². The zero-order valence-electron chi connectivity index (χ0n) is 55.4. The summed E-state index contributed by atoms with van der Waals surface area (Å²) < 4.78 is 4.75. The Balaban J connectivity index is 0.000000147. The highest BCUT2D eigenvalue weighted by Gasteiger charge is 2.20. The fourth-order valence-electron chi connectivity index (χ4n) is 14.2. The highest BCUT2D eigenvalue weighted by molar-refractivity contribution is 6.17. The van der Waals surface area contributed by atoms with Crippen LogP contribution in [0.5, 0.6) is 0 Å². The molecule has 0 spiro atoms. The smallest absolute Gasteiger partial charge is 0.164 e. The Hall–Kier alpha value is -13.8. The molecule has 0 saturated carbocycles. The Kier molecular flexibility index (Phi) is 15.8. The minimum Gasteiger partial charge on any atom is -0.309 e. The molecule has 0 atom stereocenters. The zero-order valence-corrected chi connectivity index (χ0v) is 55.4. The van der Waals surface area contributed by atoms with Gasteiger partial charge in [-0.2, -0.15) is 0 Å². The van der Waals surface area contributed by atoms with Crippen molar-refractivity contribution < 1.29 is 0 Å². The molecular weight excluding hydrogens is 1240 g/mol. The molecule has 478 valence electrons. The third-order valence-corrected chi connectivity index (χ3v) is 19.1. The molecule has 0 bridgehead atoms. The predicted molar refractivity (Wildman–Crippen MR) is 420 cm³/mol. The Morgan fingerprint density at radius 3 is 0.804 bits per heavy atom. The molecule has 0 radical (unpaired) electrons. The molecule has 19 rings (SSSR count). The number of para-hydroxylation sites is 2. The van der Waals surface area contributed by atoms with E-state index in [4.69, 9.17) is 29.9 Å². The SMILES string of the molecule is c1ccc(-c2nc(-c3ccc(-c4ccc(-n5c6ccccc6c6c(-c7ccccc7)cccc65)cc4)cc3)nc(-c3ccc4ccccc4c3)n2)cc1.c1ccc(-c2nc(-c3ccccc3)nc(-c3ccc(-c4ccc(-n5c6ccccc6c6c(-c7ccccc7)cccc65)cc4)cc3)n2)cc1. The summed E-state index contributed by atoms with van der Waals surface area (Å²) in [6.45, 7) is 0. The fraction of sp³-hybridized carbons (Fsp3) is 0. The summed E-state index contributed by atoms with van der Waals surface area (Å²) in [4.78, 5) is 29.5. The van der Waals surface area contributed by atoms with E-state index < -0.39 is 0 Å². The van der Waals surface area contributed by atoms with Crippen LogP contribution in [0.3, 0.4) is 0 Å². The molecule has 15 aromatic carbocycles. The van der Waals surface area contributed by atoms with Gasteiger partial charge in [0.2, 0.25) is 0 Å². The standard InChI is InChI=1S/C49H32N4.C45H30N4/c1-3-13-36(14-4-1)42-19-11-21-45-46(42)43-18-9-10-20-44(43)53(45)41-30-28-35(29-31-41)34-22-25-38(26-23-34)48-50-47(37-15-5-2-6-16-37)51-49(52-48)40-27-24-33-12-7-8-17-39(33)32-40;1-4-13-33(14-5-1)38-20-12-22-41-42(38)39-19-10-11-21-40(39)49(41)37-29-27-32(28-30-37)31-23-25-36(26-24-31)45-47-43(34-15-6-2-7-16-34)46-44(48-45)35-17-8-3-9-18-35/h1-32H;1-30H. The molecule has 4 aromatic heterocycles. The van der Waals surface area contributed by atoms with E-state index in [0.717, 1.165) is 72.4 Å². The van der Waals surface area contributed by atoms with Gasteiger partial charge in [-0.1, -0.05) is 322 Å². The molecule has 4 heterocycles. The summed E-state index contributed by atoms with van der Waals surface area (Å²) in [6, 6.07) is 132. The lowest BCUT2D eigenvalue weighted by atomic mass is 9.99. The van der Waals surface area contributed by atoms with Crippen molar-refractivity contribution in [1.29, 1.82) is 0 Å². The number of hydrogen-bond donors (Lipinski definition) is 0. The lowest BCUT2D eigenvalue weighted by Crippen LogP contribution is -2.00. The van der Waals surface area contributed by atoms with Gasteiger partial charge in [0.05, 0.1) is 22.1 Å². The summed E-state index contributed by atoms with van der Waals surface area (Å²) in [5, 5.41) is 7.38. The predicted octanol–water partition coefficient (Wildman–Crippen LogP) is 23.8. The molecule has 0 saturated heterocycles. The lowest BCUT2D eigenvalue weighted by Gasteiger charge is -2.11. The van der Waals surface area contributed by atoms with E-state index in [1.54, 1.807) is 0 Å². The maximum absolute atomic E-state index is 5.00. The van der Waals surface area contributed by atoms with Gasteiger partial charge in [0.1, 0.15) is 0 Å². The summed E-state index contributed by atoms with van der Waals surface area (Å²) in [5.41, 5.74) is 22.2. The summed E-state index contributed by atoms with van der Waals surface area (Å²) >= 11 is 0. The third-order valence-electron chi connectivity index (χ3n) is 19.1. The second-order valence-corrected chi connectivity index (χ2v) is 25.4. The van der Waals surface area contributed by atoms with Crippen molar-refractivity contribution in [2.24, 2.45) is 0 Å². The maximum atomic E-state index is 5.00. The molecule has 0 amide bonds. The van der Waals surface area contributed by atoms with Gasteiger partial charge < -0.3 is 9.13 Å². The van der Waals surface area contributed by atoms with Crippen LogP contribution in [-0.2, 0) is 0 Å². The van der Waals surface area contributed by atoms with Crippen LogP contribution >= 0.6 is 0 Å². The number of benzene rings is 15. The molecular formula is C94H62N8. The van der Waals surface area contributed by atoms with Crippen LogP contribution in [0.25, 0.3) is 179 Å². The number of rotatable bonds is 12. The van der Waals surface area contributed by atoms with Crippen molar-refractivity contribution in [3.05, 3.63) is 376 Å². The van der Waals surface area contributed by atoms with Crippen LogP contribution in [0.4, 0.5) is 0 Å². The van der Waals surface area contributed by atoms with E-state index >= 15 is 0 Å².